The molecule has 2 amide bonds. The van der Waals surface area contributed by atoms with E-state index in [1.54, 1.807) is 35.2 Å². The Hall–Kier alpha value is -2.95. The van der Waals surface area contributed by atoms with Gasteiger partial charge in [0.25, 0.3) is 5.91 Å². The maximum absolute atomic E-state index is 12.5. The second-order valence-electron chi connectivity index (χ2n) is 6.08. The number of hydrogen-bond donors (Lipinski definition) is 1. The molecule has 0 radical (unpaired) electrons. The predicted molar refractivity (Wildman–Crippen MR) is 97.2 cm³/mol. The van der Waals surface area contributed by atoms with Gasteiger partial charge in [0.1, 0.15) is 0 Å². The number of Topliss-reactive ketones (excluding diaryl/α,β-unsaturated/α-hetero) is 1. The van der Waals surface area contributed by atoms with Crippen LogP contribution in [-0.2, 0) is 11.2 Å². The lowest BCUT2D eigenvalue weighted by Crippen LogP contribution is -2.27. The first-order valence-electron chi connectivity index (χ1n) is 8.35. The van der Waals surface area contributed by atoms with E-state index in [1.165, 1.54) is 6.92 Å². The number of carbonyl (C=O) groups excluding carboxylic acids is 3. The summed E-state index contributed by atoms with van der Waals surface area (Å²) in [6, 6.07) is 12.3. The van der Waals surface area contributed by atoms with E-state index in [1.807, 2.05) is 19.1 Å². The Morgan fingerprint density at radius 2 is 1.88 bits per heavy atom. The van der Waals surface area contributed by atoms with Gasteiger partial charge in [-0.15, -0.1) is 0 Å². The van der Waals surface area contributed by atoms with Crippen LogP contribution < -0.4 is 10.2 Å². The quantitative estimate of drug-likeness (QED) is 0.870. The molecule has 1 heterocycles. The van der Waals surface area contributed by atoms with Gasteiger partial charge in [0.05, 0.1) is 0 Å². The van der Waals surface area contributed by atoms with Crippen LogP contribution >= 0.6 is 0 Å². The van der Waals surface area contributed by atoms with Crippen LogP contribution in [0.4, 0.5) is 11.4 Å². The molecular weight excluding hydrogens is 316 g/mol. The standard InChI is InChI=1S/C20H20N2O3/c1-3-19(24)22-10-9-15-11-16(7-8-18(15)22)20(25)21-17-6-4-5-14(12-17)13(2)23/h4-8,11-12H,3,9-10H2,1-2H3,(H,21,25). The highest BCUT2D eigenvalue weighted by atomic mass is 16.2. The van der Waals surface area contributed by atoms with Gasteiger partial charge in [-0.1, -0.05) is 19.1 Å². The normalized spacial score (nSPS) is 12.6. The lowest BCUT2D eigenvalue weighted by Gasteiger charge is -2.16. The number of amides is 2. The number of nitrogens with zero attached hydrogens (tertiary/aromatic N) is 1. The number of nitrogens with one attached hydrogen (secondary N) is 1. The van der Waals surface area contributed by atoms with Gasteiger partial charge in [-0.05, 0) is 49.2 Å². The summed E-state index contributed by atoms with van der Waals surface area (Å²) in [6.45, 7) is 4.00. The number of hydrogen-bond acceptors (Lipinski definition) is 3. The molecule has 0 aromatic heterocycles. The van der Waals surface area contributed by atoms with Crippen molar-refractivity contribution in [1.82, 2.24) is 0 Å². The van der Waals surface area contributed by atoms with Crippen molar-refractivity contribution >= 4 is 29.0 Å². The Bertz CT molecular complexity index is 858. The molecule has 2 aromatic rings. The van der Waals surface area contributed by atoms with Crippen molar-refractivity contribution in [2.75, 3.05) is 16.8 Å². The Labute approximate surface area is 146 Å². The van der Waals surface area contributed by atoms with Crippen LogP contribution in [0.5, 0.6) is 0 Å². The summed E-state index contributed by atoms with van der Waals surface area (Å²) in [6.07, 6.45) is 1.22. The van der Waals surface area contributed by atoms with Crippen LogP contribution in [0, 0.1) is 0 Å². The first kappa shape index (κ1) is 16.9. The molecule has 0 atom stereocenters. The predicted octanol–water partition coefficient (Wildman–Crippen LogP) is 3.44. The Balaban J connectivity index is 1.79. The molecule has 128 valence electrons. The number of benzene rings is 2. The number of rotatable bonds is 4. The number of carbonyl (C=O) groups is 3. The van der Waals surface area contributed by atoms with E-state index in [0.717, 1.165) is 17.7 Å². The van der Waals surface area contributed by atoms with Crippen LogP contribution in [-0.4, -0.2) is 24.1 Å². The largest absolute Gasteiger partial charge is 0.322 e. The van der Waals surface area contributed by atoms with Crippen molar-refractivity contribution in [1.29, 1.82) is 0 Å². The van der Waals surface area contributed by atoms with Crippen LogP contribution in [0.1, 0.15) is 46.5 Å². The monoisotopic (exact) mass is 336 g/mol. The Kier molecular flexibility index (Phi) is 4.65. The minimum absolute atomic E-state index is 0.0469. The molecule has 25 heavy (non-hydrogen) atoms. The highest BCUT2D eigenvalue weighted by Gasteiger charge is 2.24. The van der Waals surface area contributed by atoms with Crippen molar-refractivity contribution in [3.05, 3.63) is 59.2 Å². The molecule has 0 aliphatic carbocycles. The highest BCUT2D eigenvalue weighted by molar-refractivity contribution is 6.06. The molecule has 0 saturated carbocycles. The molecule has 3 rings (SSSR count). The van der Waals surface area contributed by atoms with Gasteiger partial charge in [0.15, 0.2) is 5.78 Å². The smallest absolute Gasteiger partial charge is 0.255 e. The zero-order valence-electron chi connectivity index (χ0n) is 14.3. The summed E-state index contributed by atoms with van der Waals surface area (Å²) >= 11 is 0. The minimum atomic E-state index is -0.233. The first-order chi connectivity index (χ1) is 12.0. The topological polar surface area (TPSA) is 66.5 Å². The van der Waals surface area contributed by atoms with Gasteiger partial charge in [0, 0.05) is 35.5 Å². The second kappa shape index (κ2) is 6.89. The van der Waals surface area contributed by atoms with Crippen molar-refractivity contribution in [3.63, 3.8) is 0 Å². The number of ketones is 1. The fourth-order valence-electron chi connectivity index (χ4n) is 3.01. The van der Waals surface area contributed by atoms with Gasteiger partial charge in [-0.25, -0.2) is 0 Å². The third-order valence-corrected chi connectivity index (χ3v) is 4.37. The van der Waals surface area contributed by atoms with Crippen LogP contribution in [0.15, 0.2) is 42.5 Å². The van der Waals surface area contributed by atoms with E-state index in [4.69, 9.17) is 0 Å². The molecule has 0 unspecified atom stereocenters. The highest BCUT2D eigenvalue weighted by Crippen LogP contribution is 2.29. The van der Waals surface area contributed by atoms with E-state index in [0.29, 0.717) is 29.8 Å². The van der Waals surface area contributed by atoms with Crippen molar-refractivity contribution in [2.45, 2.75) is 26.7 Å². The van der Waals surface area contributed by atoms with E-state index in [2.05, 4.69) is 5.32 Å². The Morgan fingerprint density at radius 1 is 1.08 bits per heavy atom. The lowest BCUT2D eigenvalue weighted by atomic mass is 10.1. The lowest BCUT2D eigenvalue weighted by molar-refractivity contribution is -0.118. The van der Waals surface area contributed by atoms with Crippen LogP contribution in [0.25, 0.3) is 0 Å². The molecule has 0 bridgehead atoms. The third-order valence-electron chi connectivity index (χ3n) is 4.37. The van der Waals surface area contributed by atoms with Gasteiger partial charge in [0.2, 0.25) is 5.91 Å². The third kappa shape index (κ3) is 3.45. The maximum Gasteiger partial charge on any atom is 0.255 e. The van der Waals surface area contributed by atoms with Crippen molar-refractivity contribution in [2.24, 2.45) is 0 Å². The van der Waals surface area contributed by atoms with E-state index in [-0.39, 0.29) is 17.6 Å². The van der Waals surface area contributed by atoms with Crippen molar-refractivity contribution in [3.8, 4) is 0 Å². The second-order valence-corrected chi connectivity index (χ2v) is 6.08. The van der Waals surface area contributed by atoms with E-state index in [9.17, 15) is 14.4 Å². The SMILES string of the molecule is CCC(=O)N1CCc2cc(C(=O)Nc3cccc(C(C)=O)c3)ccc21. The number of fused-ring (bicyclic) bond motifs is 1. The molecule has 0 spiro atoms. The molecule has 0 saturated heterocycles. The Morgan fingerprint density at radius 3 is 2.60 bits per heavy atom. The summed E-state index contributed by atoms with van der Waals surface area (Å²) in [4.78, 5) is 37.7. The molecule has 0 fully saturated rings. The average molecular weight is 336 g/mol. The summed E-state index contributed by atoms with van der Waals surface area (Å²) in [5, 5.41) is 2.82. The zero-order chi connectivity index (χ0) is 18.0. The summed E-state index contributed by atoms with van der Waals surface area (Å²) < 4.78 is 0. The van der Waals surface area contributed by atoms with Gasteiger partial charge in [-0.2, -0.15) is 0 Å². The zero-order valence-corrected chi connectivity index (χ0v) is 14.3. The molecular formula is C20H20N2O3. The van der Waals surface area contributed by atoms with Gasteiger partial charge in [-0.3, -0.25) is 14.4 Å². The van der Waals surface area contributed by atoms with Crippen LogP contribution in [0.2, 0.25) is 0 Å². The van der Waals surface area contributed by atoms with E-state index >= 15 is 0 Å². The van der Waals surface area contributed by atoms with Crippen LogP contribution in [0.3, 0.4) is 0 Å². The fraction of sp³-hybridized carbons (Fsp3) is 0.250. The molecule has 1 aliphatic heterocycles. The minimum Gasteiger partial charge on any atom is -0.322 e. The molecule has 1 N–H and O–H groups in total. The summed E-state index contributed by atoms with van der Waals surface area (Å²) in [5.74, 6) is -0.185. The number of anilines is 2. The maximum atomic E-state index is 12.5. The fourth-order valence-corrected chi connectivity index (χ4v) is 3.01. The molecule has 2 aromatic carbocycles. The summed E-state index contributed by atoms with van der Waals surface area (Å²) in [5.41, 5.74) is 3.58. The summed E-state index contributed by atoms with van der Waals surface area (Å²) in [7, 11) is 0. The first-order valence-corrected chi connectivity index (χ1v) is 8.35. The van der Waals surface area contributed by atoms with Gasteiger partial charge >= 0.3 is 0 Å². The van der Waals surface area contributed by atoms with E-state index < -0.39 is 0 Å². The van der Waals surface area contributed by atoms with Crippen molar-refractivity contribution < 1.29 is 14.4 Å². The molecule has 5 nitrogen and oxygen atoms in total. The molecule has 5 heteroatoms. The molecule has 1 aliphatic rings. The van der Waals surface area contributed by atoms with Gasteiger partial charge < -0.3 is 10.2 Å². The average Bonchev–Trinajstić information content (AvgIpc) is 3.04.